The van der Waals surface area contributed by atoms with Gasteiger partial charge in [0.1, 0.15) is 0 Å². The number of rotatable bonds is 0. The van der Waals surface area contributed by atoms with Gasteiger partial charge in [0.25, 0.3) is 0 Å². The van der Waals surface area contributed by atoms with Crippen LogP contribution in [-0.4, -0.2) is 15.8 Å². The van der Waals surface area contributed by atoms with Gasteiger partial charge in [-0.25, -0.2) is 0 Å². The van der Waals surface area contributed by atoms with E-state index in [1.165, 1.54) is 11.3 Å². The molecule has 2 nitrogen and oxygen atoms in total. The van der Waals surface area contributed by atoms with Crippen LogP contribution in [0.1, 0.15) is 11.3 Å². The van der Waals surface area contributed by atoms with E-state index in [1.54, 1.807) is 0 Å². The Kier molecular flexibility index (Phi) is 1.11. The second kappa shape index (κ2) is 1.86. The molecule has 1 N–H and O–H groups in total. The normalized spacial score (nSPS) is 23.2. The van der Waals surface area contributed by atoms with Crippen molar-refractivity contribution in [3.63, 3.8) is 0 Å². The van der Waals surface area contributed by atoms with Gasteiger partial charge in [-0.15, -0.1) is 0 Å². The summed E-state index contributed by atoms with van der Waals surface area (Å²) in [4.78, 5) is 0. The van der Waals surface area contributed by atoms with Crippen molar-refractivity contribution in [1.82, 2.24) is 4.57 Å². The van der Waals surface area contributed by atoms with Gasteiger partial charge in [0, 0.05) is 24.9 Å². The molecule has 0 spiro atoms. The molecule has 0 radical (unpaired) electrons. The first-order valence-electron chi connectivity index (χ1n) is 3.59. The number of fused-ring (bicyclic) bond motifs is 1. The van der Waals surface area contributed by atoms with Crippen LogP contribution in [-0.2, 0) is 13.0 Å². The monoisotopic (exact) mass is 137 g/mol. The van der Waals surface area contributed by atoms with Gasteiger partial charge >= 0.3 is 0 Å². The van der Waals surface area contributed by atoms with Crippen molar-refractivity contribution in [2.24, 2.45) is 0 Å². The molecule has 0 saturated heterocycles. The number of nitrogens with zero attached hydrogens (tertiary/aromatic N) is 1. The maximum Gasteiger partial charge on any atom is 0.0773 e. The van der Waals surface area contributed by atoms with Crippen LogP contribution in [0.25, 0.3) is 0 Å². The number of aromatic nitrogens is 1. The summed E-state index contributed by atoms with van der Waals surface area (Å²) in [7, 11) is 0. The lowest BCUT2D eigenvalue weighted by molar-refractivity contribution is 0.175. The minimum absolute atomic E-state index is 0.143. The second-order valence-electron chi connectivity index (χ2n) is 3.02. The van der Waals surface area contributed by atoms with E-state index in [-0.39, 0.29) is 6.10 Å². The van der Waals surface area contributed by atoms with Crippen molar-refractivity contribution in [2.75, 3.05) is 0 Å². The van der Waals surface area contributed by atoms with Gasteiger partial charge in [0.15, 0.2) is 0 Å². The lowest BCUT2D eigenvalue weighted by atomic mass is 10.2. The number of aliphatic hydroxyl groups excluding tert-OH is 1. The van der Waals surface area contributed by atoms with Crippen LogP contribution in [0.4, 0.5) is 0 Å². The Labute approximate surface area is 60.1 Å². The summed E-state index contributed by atoms with van der Waals surface area (Å²) in [6, 6.07) is 2.14. The summed E-state index contributed by atoms with van der Waals surface area (Å²) in [5.74, 6) is 0. The molecule has 0 fully saturated rings. The first-order valence-corrected chi connectivity index (χ1v) is 3.59. The van der Waals surface area contributed by atoms with Gasteiger partial charge in [-0.1, -0.05) is 0 Å². The molecule has 10 heavy (non-hydrogen) atoms. The van der Waals surface area contributed by atoms with Crippen molar-refractivity contribution >= 4 is 0 Å². The average molecular weight is 137 g/mol. The van der Waals surface area contributed by atoms with Crippen molar-refractivity contribution in [2.45, 2.75) is 26.0 Å². The third-order valence-electron chi connectivity index (χ3n) is 1.97. The van der Waals surface area contributed by atoms with Crippen LogP contribution >= 0.6 is 0 Å². The molecule has 2 heteroatoms. The fourth-order valence-corrected chi connectivity index (χ4v) is 1.59. The summed E-state index contributed by atoms with van der Waals surface area (Å²) < 4.78 is 2.12. The van der Waals surface area contributed by atoms with Gasteiger partial charge in [-0.2, -0.15) is 0 Å². The van der Waals surface area contributed by atoms with E-state index >= 15 is 0 Å². The van der Waals surface area contributed by atoms with E-state index in [0.717, 1.165) is 13.0 Å². The summed E-state index contributed by atoms with van der Waals surface area (Å²) in [5.41, 5.74) is 2.56. The Morgan fingerprint density at radius 1 is 1.70 bits per heavy atom. The predicted molar refractivity (Wildman–Crippen MR) is 38.9 cm³/mol. The Morgan fingerprint density at radius 3 is 3.20 bits per heavy atom. The highest BCUT2D eigenvalue weighted by atomic mass is 16.3. The Bertz CT molecular complexity index is 228. The van der Waals surface area contributed by atoms with Crippen molar-refractivity contribution in [1.29, 1.82) is 0 Å². The first-order chi connectivity index (χ1) is 4.75. The van der Waals surface area contributed by atoms with Gasteiger partial charge in [-0.3, -0.25) is 0 Å². The van der Waals surface area contributed by atoms with Crippen LogP contribution in [0.5, 0.6) is 0 Å². The number of hydrogen-bond acceptors (Lipinski definition) is 1. The molecule has 0 amide bonds. The van der Waals surface area contributed by atoms with Gasteiger partial charge in [0.05, 0.1) is 6.10 Å². The van der Waals surface area contributed by atoms with Crippen molar-refractivity contribution in [3.8, 4) is 0 Å². The highest BCUT2D eigenvalue weighted by Gasteiger charge is 2.18. The summed E-state index contributed by atoms with van der Waals surface area (Å²) >= 11 is 0. The summed E-state index contributed by atoms with van der Waals surface area (Å²) in [5, 5.41) is 9.21. The molecule has 1 aliphatic heterocycles. The minimum Gasteiger partial charge on any atom is -0.391 e. The van der Waals surface area contributed by atoms with Crippen LogP contribution < -0.4 is 0 Å². The molecular formula is C8H11NO. The predicted octanol–water partition coefficient (Wildman–Crippen LogP) is 0.714. The summed E-state index contributed by atoms with van der Waals surface area (Å²) in [6.07, 6.45) is 2.77. The van der Waals surface area contributed by atoms with E-state index in [0.29, 0.717) is 0 Å². The fraction of sp³-hybridized carbons (Fsp3) is 0.500. The average Bonchev–Trinajstić information content (AvgIpc) is 2.21. The third kappa shape index (κ3) is 0.762. The zero-order chi connectivity index (χ0) is 7.14. The molecule has 1 aromatic rings. The lowest BCUT2D eigenvalue weighted by Crippen LogP contribution is -2.06. The van der Waals surface area contributed by atoms with E-state index in [1.807, 2.05) is 0 Å². The molecule has 0 saturated carbocycles. The van der Waals surface area contributed by atoms with E-state index in [2.05, 4.69) is 23.8 Å². The summed E-state index contributed by atoms with van der Waals surface area (Å²) in [6.45, 7) is 2.86. The lowest BCUT2D eigenvalue weighted by Gasteiger charge is -1.96. The molecule has 0 aliphatic carbocycles. The van der Waals surface area contributed by atoms with Crippen LogP contribution in [0.15, 0.2) is 12.3 Å². The SMILES string of the molecule is Cc1cc2n(c1)CC(O)C2. The topological polar surface area (TPSA) is 25.2 Å². The minimum atomic E-state index is -0.143. The smallest absolute Gasteiger partial charge is 0.0773 e. The van der Waals surface area contributed by atoms with Crippen LogP contribution in [0.2, 0.25) is 0 Å². The Morgan fingerprint density at radius 2 is 2.50 bits per heavy atom. The third-order valence-corrected chi connectivity index (χ3v) is 1.97. The molecule has 0 bridgehead atoms. The van der Waals surface area contributed by atoms with Crippen molar-refractivity contribution in [3.05, 3.63) is 23.5 Å². The molecule has 2 heterocycles. The number of aryl methyl sites for hydroxylation is 1. The zero-order valence-electron chi connectivity index (χ0n) is 6.04. The van der Waals surface area contributed by atoms with E-state index in [9.17, 15) is 5.11 Å². The second-order valence-corrected chi connectivity index (χ2v) is 3.02. The number of aliphatic hydroxyl groups is 1. The van der Waals surface area contributed by atoms with Crippen LogP contribution in [0, 0.1) is 6.92 Å². The highest BCUT2D eigenvalue weighted by Crippen LogP contribution is 2.17. The molecule has 2 rings (SSSR count). The number of hydrogen-bond donors (Lipinski definition) is 1. The first kappa shape index (κ1) is 5.98. The molecule has 0 aromatic carbocycles. The molecule has 1 aromatic heterocycles. The van der Waals surface area contributed by atoms with Crippen LogP contribution in [0.3, 0.4) is 0 Å². The Balaban J connectivity index is 2.39. The van der Waals surface area contributed by atoms with Crippen molar-refractivity contribution < 1.29 is 5.11 Å². The standard InChI is InChI=1S/C8H11NO/c1-6-2-7-3-8(10)5-9(7)4-6/h2,4,8,10H,3,5H2,1H3. The maximum atomic E-state index is 9.21. The van der Waals surface area contributed by atoms with Gasteiger partial charge < -0.3 is 9.67 Å². The molecule has 54 valence electrons. The fourth-order valence-electron chi connectivity index (χ4n) is 1.59. The molecule has 1 aliphatic rings. The maximum absolute atomic E-state index is 9.21. The largest absolute Gasteiger partial charge is 0.391 e. The molecule has 1 atom stereocenters. The Hall–Kier alpha value is -0.760. The highest BCUT2D eigenvalue weighted by molar-refractivity contribution is 5.20. The van der Waals surface area contributed by atoms with E-state index in [4.69, 9.17) is 0 Å². The van der Waals surface area contributed by atoms with E-state index < -0.39 is 0 Å². The zero-order valence-corrected chi connectivity index (χ0v) is 6.04. The van der Waals surface area contributed by atoms with Gasteiger partial charge in [0.2, 0.25) is 0 Å². The molecular weight excluding hydrogens is 126 g/mol. The molecule has 1 unspecified atom stereocenters. The van der Waals surface area contributed by atoms with Gasteiger partial charge in [-0.05, 0) is 18.6 Å². The quantitative estimate of drug-likeness (QED) is 0.560.